The number of hydrogen-bond acceptors (Lipinski definition) is 5. The number of ketones is 2. The number of halogens is 1. The van der Waals surface area contributed by atoms with Gasteiger partial charge < -0.3 is 9.30 Å². The largest absolute Gasteiger partial charge is 0.456 e. The fourth-order valence-corrected chi connectivity index (χ4v) is 4.47. The number of Topliss-reactive ketones (excluding diaryl/α,β-unsaturated/α-hetero) is 2. The number of rotatable bonds is 5. The molecule has 1 aliphatic carbocycles. The Balaban J connectivity index is 1.54. The van der Waals surface area contributed by atoms with E-state index in [0.717, 1.165) is 17.5 Å². The Morgan fingerprint density at radius 3 is 2.36 bits per heavy atom. The van der Waals surface area contributed by atoms with Gasteiger partial charge in [0.25, 0.3) is 5.56 Å². The predicted molar refractivity (Wildman–Crippen MR) is 139 cm³/mol. The number of ether oxygens (including phenoxy) is 1. The molecule has 0 fully saturated rings. The monoisotopic (exact) mass is 505 g/mol. The van der Waals surface area contributed by atoms with Gasteiger partial charge >= 0.3 is 5.97 Å². The lowest BCUT2D eigenvalue weighted by molar-refractivity contribution is -0.119. The average Bonchev–Trinajstić information content (AvgIpc) is 2.79. The molecule has 0 atom stereocenters. The summed E-state index contributed by atoms with van der Waals surface area (Å²) in [5.74, 6) is -0.682. The van der Waals surface area contributed by atoms with Crippen LogP contribution in [0.1, 0.15) is 65.5 Å². The van der Waals surface area contributed by atoms with Gasteiger partial charge in [-0.25, -0.2) is 4.79 Å². The molecule has 1 aromatic heterocycles. The molecular formula is C29H28ClNO5. The van der Waals surface area contributed by atoms with Crippen LogP contribution in [-0.2, 0) is 28.9 Å². The summed E-state index contributed by atoms with van der Waals surface area (Å²) in [6, 6.07) is 13.6. The lowest BCUT2D eigenvalue weighted by atomic mass is 9.88. The second-order valence-corrected chi connectivity index (χ2v) is 10.5. The molecule has 0 unspecified atom stereocenters. The first-order valence-corrected chi connectivity index (χ1v) is 12.3. The molecule has 186 valence electrons. The second-order valence-electron chi connectivity index (χ2n) is 10.1. The molecule has 0 radical (unpaired) electrons. The van der Waals surface area contributed by atoms with Gasteiger partial charge in [0.15, 0.2) is 11.6 Å². The normalized spacial score (nSPS) is 13.3. The molecule has 0 saturated carbocycles. The Morgan fingerprint density at radius 2 is 1.67 bits per heavy atom. The van der Waals surface area contributed by atoms with E-state index in [2.05, 4.69) is 0 Å². The van der Waals surface area contributed by atoms with Crippen molar-refractivity contribution in [3.63, 3.8) is 0 Å². The van der Waals surface area contributed by atoms with Crippen molar-refractivity contribution in [1.29, 1.82) is 0 Å². The summed E-state index contributed by atoms with van der Waals surface area (Å²) in [7, 11) is 0. The molecule has 0 saturated heterocycles. The highest BCUT2D eigenvalue weighted by molar-refractivity contribution is 6.31. The molecule has 0 N–H and O–H groups in total. The molecule has 0 bridgehead atoms. The first-order chi connectivity index (χ1) is 17.0. The number of hydrogen-bond donors (Lipinski definition) is 0. The van der Waals surface area contributed by atoms with Crippen LogP contribution in [0, 0.1) is 0 Å². The molecule has 0 spiro atoms. The third-order valence-electron chi connectivity index (χ3n) is 5.97. The third kappa shape index (κ3) is 6.00. The van der Waals surface area contributed by atoms with Crippen molar-refractivity contribution in [3.8, 4) is 11.1 Å². The van der Waals surface area contributed by atoms with Gasteiger partial charge in [-0.05, 0) is 80.1 Å². The van der Waals surface area contributed by atoms with Crippen molar-refractivity contribution in [1.82, 2.24) is 4.57 Å². The van der Waals surface area contributed by atoms with Gasteiger partial charge in [0.1, 0.15) is 5.60 Å². The first kappa shape index (κ1) is 25.6. The van der Waals surface area contributed by atoms with Crippen molar-refractivity contribution in [3.05, 3.63) is 92.4 Å². The van der Waals surface area contributed by atoms with Crippen LogP contribution in [0.3, 0.4) is 0 Å². The van der Waals surface area contributed by atoms with E-state index in [9.17, 15) is 19.2 Å². The van der Waals surface area contributed by atoms with Crippen LogP contribution >= 0.6 is 11.6 Å². The summed E-state index contributed by atoms with van der Waals surface area (Å²) in [6.45, 7) is 5.23. The highest BCUT2D eigenvalue weighted by Crippen LogP contribution is 2.32. The van der Waals surface area contributed by atoms with Crippen LogP contribution < -0.4 is 5.56 Å². The molecule has 2 aromatic carbocycles. The first-order valence-electron chi connectivity index (χ1n) is 11.9. The van der Waals surface area contributed by atoms with Crippen molar-refractivity contribution in [2.24, 2.45) is 0 Å². The summed E-state index contributed by atoms with van der Waals surface area (Å²) in [6.07, 6.45) is 3.38. The molecule has 4 rings (SSSR count). The van der Waals surface area contributed by atoms with E-state index < -0.39 is 11.6 Å². The van der Waals surface area contributed by atoms with Gasteiger partial charge in [0, 0.05) is 35.7 Å². The molecule has 3 aromatic rings. The Hall–Kier alpha value is -3.51. The number of pyridine rings is 1. The van der Waals surface area contributed by atoms with Crippen molar-refractivity contribution in [2.75, 3.05) is 0 Å². The fraction of sp³-hybridized carbons (Fsp3) is 0.310. The van der Waals surface area contributed by atoms with Gasteiger partial charge in [0.05, 0.1) is 12.1 Å². The maximum absolute atomic E-state index is 12.9. The van der Waals surface area contributed by atoms with Crippen LogP contribution in [0.4, 0.5) is 0 Å². The number of carbonyl (C=O) groups excluding carboxylic acids is 3. The van der Waals surface area contributed by atoms with E-state index in [4.69, 9.17) is 16.3 Å². The molecular weight excluding hydrogens is 478 g/mol. The molecule has 1 heterocycles. The number of fused-ring (bicyclic) bond motifs is 3. The lowest BCUT2D eigenvalue weighted by Crippen LogP contribution is -2.26. The molecule has 0 amide bonds. The van der Waals surface area contributed by atoms with Gasteiger partial charge in [0.2, 0.25) is 0 Å². The summed E-state index contributed by atoms with van der Waals surface area (Å²) < 4.78 is 6.65. The second kappa shape index (κ2) is 10.2. The quantitative estimate of drug-likeness (QED) is 0.430. The van der Waals surface area contributed by atoms with E-state index in [0.29, 0.717) is 40.1 Å². The third-order valence-corrected chi connectivity index (χ3v) is 6.21. The summed E-state index contributed by atoms with van der Waals surface area (Å²) >= 11 is 6.21. The van der Waals surface area contributed by atoms with Gasteiger partial charge in [-0.15, -0.1) is 0 Å². The molecule has 6 nitrogen and oxygen atoms in total. The van der Waals surface area contributed by atoms with E-state index >= 15 is 0 Å². The Morgan fingerprint density at radius 1 is 0.944 bits per heavy atom. The topological polar surface area (TPSA) is 82.4 Å². The number of benzene rings is 2. The standard InChI is InChI=1S/C29H28ClNO5/c1-29(2,3)36-28(35)20-9-7-18(8-10-20)13-22(32)16-31-17-25-24(15-27(31)34)23-14-21(30)12-11-19(23)5-4-6-26(25)33/h7-12,14-15,17H,4-6,13,16H2,1-3H3. The zero-order valence-electron chi connectivity index (χ0n) is 20.6. The Kier molecular flexibility index (Phi) is 7.27. The van der Waals surface area contributed by atoms with Crippen molar-refractivity contribution in [2.45, 2.75) is 58.6 Å². The minimum absolute atomic E-state index is 0.0606. The highest BCUT2D eigenvalue weighted by Gasteiger charge is 2.22. The number of aromatic nitrogens is 1. The molecule has 7 heteroatoms. The number of esters is 1. The highest BCUT2D eigenvalue weighted by atomic mass is 35.5. The number of nitrogens with zero attached hydrogens (tertiary/aromatic N) is 1. The Bertz CT molecular complexity index is 1400. The van der Waals surface area contributed by atoms with Gasteiger partial charge in [-0.3, -0.25) is 14.4 Å². The van der Waals surface area contributed by atoms with Crippen LogP contribution in [-0.4, -0.2) is 27.7 Å². The van der Waals surface area contributed by atoms with Gasteiger partial charge in [-0.2, -0.15) is 0 Å². The van der Waals surface area contributed by atoms with E-state index in [1.54, 1.807) is 51.1 Å². The minimum atomic E-state index is -0.596. The van der Waals surface area contributed by atoms with Crippen LogP contribution in [0.5, 0.6) is 0 Å². The molecule has 1 aliphatic rings. The fourth-order valence-electron chi connectivity index (χ4n) is 4.30. The summed E-state index contributed by atoms with van der Waals surface area (Å²) in [5, 5.41) is 0.532. The number of aryl methyl sites for hydroxylation is 1. The molecule has 0 aliphatic heterocycles. The zero-order chi connectivity index (χ0) is 26.0. The molecule has 36 heavy (non-hydrogen) atoms. The summed E-state index contributed by atoms with van der Waals surface area (Å²) in [5.41, 5.74) is 2.96. The average molecular weight is 506 g/mol. The maximum atomic E-state index is 12.9. The SMILES string of the molecule is CC(C)(C)OC(=O)c1ccc(CC(=O)Cn2cc3c(cc2=O)-c2cc(Cl)ccc2CCCC3=O)cc1. The maximum Gasteiger partial charge on any atom is 0.338 e. The summed E-state index contributed by atoms with van der Waals surface area (Å²) in [4.78, 5) is 50.8. The zero-order valence-corrected chi connectivity index (χ0v) is 21.4. The minimum Gasteiger partial charge on any atom is -0.456 e. The Labute approximate surface area is 214 Å². The smallest absolute Gasteiger partial charge is 0.338 e. The van der Waals surface area contributed by atoms with Crippen molar-refractivity contribution < 1.29 is 19.1 Å². The number of carbonyl (C=O) groups is 3. The van der Waals surface area contributed by atoms with Crippen molar-refractivity contribution >= 4 is 29.1 Å². The van der Waals surface area contributed by atoms with Crippen LogP contribution in [0.25, 0.3) is 11.1 Å². The van der Waals surface area contributed by atoms with E-state index in [1.807, 2.05) is 12.1 Å². The predicted octanol–water partition coefficient (Wildman–Crippen LogP) is 5.45. The lowest BCUT2D eigenvalue weighted by Gasteiger charge is -2.19. The van der Waals surface area contributed by atoms with E-state index in [-0.39, 0.29) is 30.1 Å². The van der Waals surface area contributed by atoms with E-state index in [1.165, 1.54) is 16.8 Å². The van der Waals surface area contributed by atoms with Crippen LogP contribution in [0.2, 0.25) is 5.02 Å². The van der Waals surface area contributed by atoms with Gasteiger partial charge in [-0.1, -0.05) is 29.8 Å². The van der Waals surface area contributed by atoms with Crippen LogP contribution in [0.15, 0.2) is 59.5 Å².